The number of ether oxygens (including phenoxy) is 2. The number of hydrogen-bond acceptors (Lipinski definition) is 3. The number of unbranched alkanes of at least 4 members (excludes halogenated alkanes) is 14. The summed E-state index contributed by atoms with van der Waals surface area (Å²) in [6, 6.07) is 0. The third-order valence-corrected chi connectivity index (χ3v) is 5.02. The van der Waals surface area contributed by atoms with Gasteiger partial charge in [-0.1, -0.05) is 96.8 Å². The second kappa shape index (κ2) is 22.5. The summed E-state index contributed by atoms with van der Waals surface area (Å²) in [5, 5.41) is 2.77. The highest BCUT2D eigenvalue weighted by molar-refractivity contribution is 5.66. The van der Waals surface area contributed by atoms with Crippen molar-refractivity contribution in [3.05, 3.63) is 0 Å². The number of carbonyl (C=O) groups excluding carboxylic acids is 1. The molecular formula is C24H49NO3. The van der Waals surface area contributed by atoms with Crippen LogP contribution in [-0.4, -0.2) is 32.0 Å². The molecule has 0 spiro atoms. The minimum atomic E-state index is -0.296. The van der Waals surface area contributed by atoms with Gasteiger partial charge in [0.2, 0.25) is 0 Å². The lowest BCUT2D eigenvalue weighted by molar-refractivity contribution is 0.0765. The molecule has 0 saturated carbocycles. The van der Waals surface area contributed by atoms with Gasteiger partial charge in [0.05, 0.1) is 12.7 Å². The summed E-state index contributed by atoms with van der Waals surface area (Å²) in [6.45, 7) is 8.13. The number of rotatable bonds is 21. The van der Waals surface area contributed by atoms with Crippen molar-refractivity contribution in [3.8, 4) is 0 Å². The largest absolute Gasteiger partial charge is 0.450 e. The van der Waals surface area contributed by atoms with Gasteiger partial charge in [-0.2, -0.15) is 0 Å². The Hall–Kier alpha value is -0.770. The number of alkyl carbamates (subject to hydrolysis) is 1. The van der Waals surface area contributed by atoms with Crippen LogP contribution >= 0.6 is 0 Å². The molecule has 168 valence electrons. The van der Waals surface area contributed by atoms with Gasteiger partial charge in [0.15, 0.2) is 0 Å². The number of nitrogens with one attached hydrogen (secondary N) is 1. The first-order valence-electron chi connectivity index (χ1n) is 12.2. The lowest BCUT2D eigenvalue weighted by atomic mass is 10.0. The lowest BCUT2D eigenvalue weighted by Gasteiger charge is -2.09. The van der Waals surface area contributed by atoms with Gasteiger partial charge in [-0.15, -0.1) is 0 Å². The average Bonchev–Trinajstić information content (AvgIpc) is 2.67. The van der Waals surface area contributed by atoms with Crippen LogP contribution in [0.4, 0.5) is 4.79 Å². The van der Waals surface area contributed by atoms with E-state index in [0.717, 1.165) is 19.3 Å². The monoisotopic (exact) mass is 399 g/mol. The van der Waals surface area contributed by atoms with Crippen LogP contribution in [0.25, 0.3) is 0 Å². The molecule has 0 aliphatic rings. The molecule has 0 aliphatic carbocycles. The smallest absolute Gasteiger partial charge is 0.407 e. The van der Waals surface area contributed by atoms with E-state index in [0.29, 0.717) is 19.8 Å². The lowest BCUT2D eigenvalue weighted by Crippen LogP contribution is -2.26. The van der Waals surface area contributed by atoms with Crippen LogP contribution in [0.5, 0.6) is 0 Å². The zero-order valence-electron chi connectivity index (χ0n) is 19.2. The Labute approximate surface area is 175 Å². The zero-order chi connectivity index (χ0) is 20.7. The first-order valence-corrected chi connectivity index (χ1v) is 12.2. The summed E-state index contributed by atoms with van der Waals surface area (Å²) >= 11 is 0. The number of hydrogen-bond donors (Lipinski definition) is 1. The topological polar surface area (TPSA) is 47.6 Å². The molecule has 0 heterocycles. The first-order chi connectivity index (χ1) is 13.7. The minimum absolute atomic E-state index is 0.247. The molecule has 1 amide bonds. The molecule has 0 unspecified atom stereocenters. The maximum Gasteiger partial charge on any atom is 0.407 e. The predicted molar refractivity (Wildman–Crippen MR) is 120 cm³/mol. The van der Waals surface area contributed by atoms with Gasteiger partial charge in [-0.05, 0) is 26.7 Å². The summed E-state index contributed by atoms with van der Waals surface area (Å²) in [4.78, 5) is 11.5. The minimum Gasteiger partial charge on any atom is -0.450 e. The summed E-state index contributed by atoms with van der Waals surface area (Å²) in [6.07, 6.45) is 21.0. The van der Waals surface area contributed by atoms with Crippen molar-refractivity contribution in [3.63, 3.8) is 0 Å². The first kappa shape index (κ1) is 27.2. The molecule has 0 radical (unpaired) electrons. The standard InChI is InChI=1S/C24H49NO3/c1-4-5-6-7-8-9-10-11-12-13-14-15-16-17-18-21-28-24(26)25-20-19-22-27-23(2)3/h23H,4-22H2,1-3H3,(H,25,26). The zero-order valence-corrected chi connectivity index (χ0v) is 19.2. The van der Waals surface area contributed by atoms with E-state index in [4.69, 9.17) is 9.47 Å². The Balaban J connectivity index is 3.12. The molecular weight excluding hydrogens is 350 g/mol. The van der Waals surface area contributed by atoms with E-state index in [1.165, 1.54) is 83.5 Å². The second-order valence-electron chi connectivity index (χ2n) is 8.29. The molecule has 0 aromatic carbocycles. The molecule has 0 rings (SSSR count). The highest BCUT2D eigenvalue weighted by Gasteiger charge is 2.01. The quantitative estimate of drug-likeness (QED) is 0.205. The third-order valence-electron chi connectivity index (χ3n) is 5.02. The maximum atomic E-state index is 11.5. The normalized spacial score (nSPS) is 11.1. The van der Waals surface area contributed by atoms with Crippen LogP contribution in [0.2, 0.25) is 0 Å². The highest BCUT2D eigenvalue weighted by atomic mass is 16.5. The molecule has 4 heteroatoms. The molecule has 1 N–H and O–H groups in total. The molecule has 0 saturated heterocycles. The van der Waals surface area contributed by atoms with Crippen molar-refractivity contribution in [2.45, 2.75) is 130 Å². The molecule has 0 fully saturated rings. The van der Waals surface area contributed by atoms with E-state index in [1.807, 2.05) is 13.8 Å². The molecule has 28 heavy (non-hydrogen) atoms. The van der Waals surface area contributed by atoms with E-state index in [1.54, 1.807) is 0 Å². The summed E-state index contributed by atoms with van der Waals surface area (Å²) < 4.78 is 10.6. The summed E-state index contributed by atoms with van der Waals surface area (Å²) in [5.41, 5.74) is 0. The molecule has 0 atom stereocenters. The van der Waals surface area contributed by atoms with Crippen LogP contribution < -0.4 is 5.32 Å². The second-order valence-corrected chi connectivity index (χ2v) is 8.29. The Kier molecular flexibility index (Phi) is 21.9. The van der Waals surface area contributed by atoms with Crippen LogP contribution in [0, 0.1) is 0 Å². The Bertz CT molecular complexity index is 321. The Morgan fingerprint density at radius 2 is 1.14 bits per heavy atom. The van der Waals surface area contributed by atoms with Gasteiger partial charge in [0.1, 0.15) is 0 Å². The molecule has 0 bridgehead atoms. The molecule has 4 nitrogen and oxygen atoms in total. The van der Waals surface area contributed by atoms with Crippen molar-refractivity contribution in [2.75, 3.05) is 19.8 Å². The summed E-state index contributed by atoms with van der Waals surface area (Å²) in [7, 11) is 0. The third kappa shape index (κ3) is 23.3. The summed E-state index contributed by atoms with van der Waals surface area (Å²) in [5.74, 6) is 0. The van der Waals surface area contributed by atoms with Crippen molar-refractivity contribution in [2.24, 2.45) is 0 Å². The van der Waals surface area contributed by atoms with E-state index in [-0.39, 0.29) is 12.2 Å². The highest BCUT2D eigenvalue weighted by Crippen LogP contribution is 2.13. The Morgan fingerprint density at radius 3 is 1.61 bits per heavy atom. The fourth-order valence-corrected chi connectivity index (χ4v) is 3.27. The van der Waals surface area contributed by atoms with Crippen LogP contribution in [0.1, 0.15) is 124 Å². The molecule has 0 aromatic rings. The van der Waals surface area contributed by atoms with Crippen LogP contribution in [0.3, 0.4) is 0 Å². The van der Waals surface area contributed by atoms with E-state index in [9.17, 15) is 4.79 Å². The fraction of sp³-hybridized carbons (Fsp3) is 0.958. The van der Waals surface area contributed by atoms with Crippen molar-refractivity contribution < 1.29 is 14.3 Å². The van der Waals surface area contributed by atoms with E-state index in [2.05, 4.69) is 12.2 Å². The van der Waals surface area contributed by atoms with Gasteiger partial charge in [-0.25, -0.2) is 4.79 Å². The predicted octanol–water partition coefficient (Wildman–Crippen LogP) is 7.40. The van der Waals surface area contributed by atoms with Gasteiger partial charge in [-0.3, -0.25) is 0 Å². The van der Waals surface area contributed by atoms with Crippen molar-refractivity contribution >= 4 is 6.09 Å². The van der Waals surface area contributed by atoms with Crippen LogP contribution in [-0.2, 0) is 9.47 Å². The maximum absolute atomic E-state index is 11.5. The van der Waals surface area contributed by atoms with Gasteiger partial charge < -0.3 is 14.8 Å². The molecule has 0 aliphatic heterocycles. The van der Waals surface area contributed by atoms with E-state index >= 15 is 0 Å². The van der Waals surface area contributed by atoms with E-state index < -0.39 is 0 Å². The number of amides is 1. The van der Waals surface area contributed by atoms with Crippen molar-refractivity contribution in [1.29, 1.82) is 0 Å². The SMILES string of the molecule is CCCCCCCCCCCCCCCCCOC(=O)NCCCOC(C)C. The van der Waals surface area contributed by atoms with Gasteiger partial charge >= 0.3 is 6.09 Å². The van der Waals surface area contributed by atoms with Crippen LogP contribution in [0.15, 0.2) is 0 Å². The fourth-order valence-electron chi connectivity index (χ4n) is 3.27. The average molecular weight is 400 g/mol. The number of carbonyl (C=O) groups is 1. The Morgan fingerprint density at radius 1 is 0.679 bits per heavy atom. The van der Waals surface area contributed by atoms with Gasteiger partial charge in [0.25, 0.3) is 0 Å². The molecule has 0 aromatic heterocycles. The van der Waals surface area contributed by atoms with Crippen molar-refractivity contribution in [1.82, 2.24) is 5.32 Å². The van der Waals surface area contributed by atoms with Gasteiger partial charge in [0, 0.05) is 13.2 Å².